The van der Waals surface area contributed by atoms with Crippen molar-refractivity contribution in [3.8, 4) is 0 Å². The number of fused-ring (bicyclic) bond motifs is 2. The van der Waals surface area contributed by atoms with E-state index in [1.54, 1.807) is 0 Å². The summed E-state index contributed by atoms with van der Waals surface area (Å²) in [4.78, 5) is 21.8. The summed E-state index contributed by atoms with van der Waals surface area (Å²) in [5.41, 5.74) is 3.86. The minimum atomic E-state index is 0.0983. The van der Waals surface area contributed by atoms with Gasteiger partial charge in [-0.1, -0.05) is 30.3 Å². The summed E-state index contributed by atoms with van der Waals surface area (Å²) >= 11 is 0. The molecule has 2 aliphatic heterocycles. The summed E-state index contributed by atoms with van der Waals surface area (Å²) in [5.74, 6) is 0.289. The van der Waals surface area contributed by atoms with Crippen LogP contribution in [-0.4, -0.2) is 18.2 Å². The summed E-state index contributed by atoms with van der Waals surface area (Å²) in [7, 11) is 0. The molecule has 0 spiro atoms. The van der Waals surface area contributed by atoms with E-state index in [1.165, 1.54) is 0 Å². The molecule has 0 bridgehead atoms. The molecule has 2 aromatic rings. The van der Waals surface area contributed by atoms with E-state index in [1.807, 2.05) is 48.5 Å². The van der Waals surface area contributed by atoms with Gasteiger partial charge in [-0.05, 0) is 23.8 Å². The van der Waals surface area contributed by atoms with Gasteiger partial charge in [0.15, 0.2) is 5.78 Å². The monoisotopic (exact) mass is 266 g/mol. The highest BCUT2D eigenvalue weighted by Gasteiger charge is 2.16. The lowest BCUT2D eigenvalue weighted by molar-refractivity contribution is -0.115. The molecule has 0 atom stereocenters. The second-order valence-electron chi connectivity index (χ2n) is 4.70. The van der Waals surface area contributed by atoms with Gasteiger partial charge in [0.2, 0.25) is 5.91 Å². The average Bonchev–Trinajstić information content (AvgIpc) is 3.02. The van der Waals surface area contributed by atoms with E-state index in [4.69, 9.17) is 0 Å². The molecule has 0 aromatic heterocycles. The number of carbonyl (C=O) groups is 2. The predicted molar refractivity (Wildman–Crippen MR) is 78.0 cm³/mol. The highest BCUT2D eigenvalue weighted by atomic mass is 16.1. The van der Waals surface area contributed by atoms with Gasteiger partial charge >= 0.3 is 0 Å². The number of benzene rings is 2. The van der Waals surface area contributed by atoms with Crippen molar-refractivity contribution >= 4 is 23.1 Å². The van der Waals surface area contributed by atoms with Crippen LogP contribution < -0.4 is 10.6 Å². The van der Waals surface area contributed by atoms with E-state index in [-0.39, 0.29) is 11.7 Å². The van der Waals surface area contributed by atoms with E-state index in [0.717, 1.165) is 22.5 Å². The van der Waals surface area contributed by atoms with E-state index >= 15 is 0 Å². The standard InChI is InChI=1S/2C8H7NO/c10-8-5-9-7-4-2-1-3-6(7)8;10-8-5-6-3-1-2-4-7(6)9-8/h1-4,9H,5H2;1-4H,5H2,(H,9,10). The van der Waals surface area contributed by atoms with Gasteiger partial charge in [-0.15, -0.1) is 0 Å². The van der Waals surface area contributed by atoms with Gasteiger partial charge in [-0.3, -0.25) is 9.59 Å². The SMILES string of the molecule is O=C1CNc2ccccc21.O=C1Cc2ccccc2N1. The summed E-state index contributed by atoms with van der Waals surface area (Å²) in [6, 6.07) is 15.3. The van der Waals surface area contributed by atoms with Crippen LogP contribution in [0.2, 0.25) is 0 Å². The highest BCUT2D eigenvalue weighted by molar-refractivity contribution is 6.07. The maximum Gasteiger partial charge on any atom is 0.228 e. The minimum Gasteiger partial charge on any atom is -0.377 e. The predicted octanol–water partition coefficient (Wildman–Crippen LogP) is 2.48. The number of Topliss-reactive ketones (excluding diaryl/α,β-unsaturated/α-hetero) is 1. The quantitative estimate of drug-likeness (QED) is 0.770. The Hall–Kier alpha value is -2.62. The molecule has 100 valence electrons. The van der Waals surface area contributed by atoms with Crippen LogP contribution >= 0.6 is 0 Å². The molecule has 20 heavy (non-hydrogen) atoms. The molecule has 2 N–H and O–H groups in total. The van der Waals surface area contributed by atoms with Crippen LogP contribution in [0.1, 0.15) is 15.9 Å². The highest BCUT2D eigenvalue weighted by Crippen LogP contribution is 2.21. The number of rotatable bonds is 0. The smallest absolute Gasteiger partial charge is 0.228 e. The van der Waals surface area contributed by atoms with Crippen LogP contribution in [-0.2, 0) is 11.2 Å². The third-order valence-electron chi connectivity index (χ3n) is 3.31. The maximum absolute atomic E-state index is 11.0. The minimum absolute atomic E-state index is 0.0983. The zero-order chi connectivity index (χ0) is 13.9. The Kier molecular flexibility index (Phi) is 3.21. The number of hydrogen-bond donors (Lipinski definition) is 2. The van der Waals surface area contributed by atoms with Gasteiger partial charge < -0.3 is 10.6 Å². The van der Waals surface area contributed by atoms with Crippen molar-refractivity contribution < 1.29 is 9.59 Å². The molecule has 0 fully saturated rings. The molecule has 0 saturated heterocycles. The van der Waals surface area contributed by atoms with Crippen LogP contribution in [0.4, 0.5) is 11.4 Å². The van der Waals surface area contributed by atoms with E-state index in [2.05, 4.69) is 10.6 Å². The van der Waals surface area contributed by atoms with E-state index < -0.39 is 0 Å². The van der Waals surface area contributed by atoms with Crippen molar-refractivity contribution in [1.29, 1.82) is 0 Å². The van der Waals surface area contributed by atoms with Gasteiger partial charge in [0, 0.05) is 16.9 Å². The number of hydrogen-bond acceptors (Lipinski definition) is 3. The lowest BCUT2D eigenvalue weighted by Gasteiger charge is -1.93. The van der Waals surface area contributed by atoms with Crippen LogP contribution in [0.15, 0.2) is 48.5 Å². The van der Waals surface area contributed by atoms with Crippen molar-refractivity contribution in [2.24, 2.45) is 0 Å². The second-order valence-corrected chi connectivity index (χ2v) is 4.70. The molecule has 0 unspecified atom stereocenters. The zero-order valence-corrected chi connectivity index (χ0v) is 10.8. The second kappa shape index (κ2) is 5.17. The molecule has 0 aliphatic carbocycles. The summed E-state index contributed by atoms with van der Waals surface area (Å²) in [6.07, 6.45) is 0.538. The number of anilines is 2. The summed E-state index contributed by atoms with van der Waals surface area (Å²) < 4.78 is 0. The number of para-hydroxylation sites is 2. The Balaban J connectivity index is 0.000000121. The van der Waals surface area contributed by atoms with Gasteiger partial charge in [0.25, 0.3) is 0 Å². The van der Waals surface area contributed by atoms with Crippen molar-refractivity contribution in [3.63, 3.8) is 0 Å². The molecular formula is C16H14N2O2. The fourth-order valence-corrected chi connectivity index (χ4v) is 2.31. The number of carbonyl (C=O) groups excluding carboxylic acids is 2. The number of nitrogens with one attached hydrogen (secondary N) is 2. The van der Waals surface area contributed by atoms with E-state index in [9.17, 15) is 9.59 Å². The Labute approximate surface area is 116 Å². The fourth-order valence-electron chi connectivity index (χ4n) is 2.31. The largest absolute Gasteiger partial charge is 0.377 e. The van der Waals surface area contributed by atoms with Crippen LogP contribution in [0, 0.1) is 0 Å². The van der Waals surface area contributed by atoms with Crippen molar-refractivity contribution in [2.45, 2.75) is 6.42 Å². The molecule has 4 nitrogen and oxygen atoms in total. The molecular weight excluding hydrogens is 252 g/mol. The van der Waals surface area contributed by atoms with Crippen molar-refractivity contribution in [3.05, 3.63) is 59.7 Å². The van der Waals surface area contributed by atoms with Gasteiger partial charge in [-0.25, -0.2) is 0 Å². The zero-order valence-electron chi connectivity index (χ0n) is 10.8. The first-order valence-corrected chi connectivity index (χ1v) is 6.48. The molecule has 4 rings (SSSR count). The van der Waals surface area contributed by atoms with Gasteiger partial charge in [0.05, 0.1) is 13.0 Å². The van der Waals surface area contributed by atoms with Crippen molar-refractivity contribution in [2.75, 3.05) is 17.2 Å². The number of amides is 1. The van der Waals surface area contributed by atoms with E-state index in [0.29, 0.717) is 13.0 Å². The molecule has 2 aliphatic rings. The van der Waals surface area contributed by atoms with Crippen LogP contribution in [0.5, 0.6) is 0 Å². The lowest BCUT2D eigenvalue weighted by atomic mass is 10.1. The van der Waals surface area contributed by atoms with Gasteiger partial charge in [-0.2, -0.15) is 0 Å². The van der Waals surface area contributed by atoms with Crippen molar-refractivity contribution in [1.82, 2.24) is 0 Å². The molecule has 0 radical (unpaired) electrons. The third-order valence-corrected chi connectivity index (χ3v) is 3.31. The Bertz CT molecular complexity index is 653. The molecule has 1 amide bonds. The van der Waals surface area contributed by atoms with Crippen LogP contribution in [0.3, 0.4) is 0 Å². The summed E-state index contributed by atoms with van der Waals surface area (Å²) in [6.45, 7) is 0.458. The third kappa shape index (κ3) is 2.40. The molecule has 4 heteroatoms. The normalized spacial score (nSPS) is 14.6. The Morgan fingerprint density at radius 2 is 1.55 bits per heavy atom. The first-order chi connectivity index (χ1) is 9.74. The lowest BCUT2D eigenvalue weighted by Crippen LogP contribution is -2.03. The summed E-state index contributed by atoms with van der Waals surface area (Å²) in [5, 5.41) is 5.76. The number of ketones is 1. The molecule has 2 aromatic carbocycles. The first kappa shape index (κ1) is 12.4. The average molecular weight is 266 g/mol. The first-order valence-electron chi connectivity index (χ1n) is 6.48. The Morgan fingerprint density at radius 3 is 2.30 bits per heavy atom. The topological polar surface area (TPSA) is 58.2 Å². The maximum atomic E-state index is 11.0. The fraction of sp³-hybridized carbons (Fsp3) is 0.125. The van der Waals surface area contributed by atoms with Crippen LogP contribution in [0.25, 0.3) is 0 Å². The molecule has 0 saturated carbocycles. The van der Waals surface area contributed by atoms with Gasteiger partial charge in [0.1, 0.15) is 0 Å². The molecule has 2 heterocycles. The Morgan fingerprint density at radius 1 is 0.850 bits per heavy atom.